The van der Waals surface area contributed by atoms with Gasteiger partial charge < -0.3 is 10.1 Å². The van der Waals surface area contributed by atoms with Crippen LogP contribution in [0.15, 0.2) is 5.38 Å². The molecule has 0 aliphatic rings. The van der Waals surface area contributed by atoms with Gasteiger partial charge in [-0.25, -0.2) is 9.78 Å². The van der Waals surface area contributed by atoms with E-state index in [-0.39, 0.29) is 6.54 Å². The fourth-order valence-electron chi connectivity index (χ4n) is 0.830. The van der Waals surface area contributed by atoms with Crippen molar-refractivity contribution in [3.05, 3.63) is 16.1 Å². The number of alkyl halides is 3. The Balaban J connectivity index is 2.25. The van der Waals surface area contributed by atoms with E-state index in [4.69, 9.17) is 0 Å². The van der Waals surface area contributed by atoms with Gasteiger partial charge in [-0.05, 0) is 6.92 Å². The lowest BCUT2D eigenvalue weighted by atomic mass is 10.6. The first-order valence-electron chi connectivity index (χ1n) is 4.25. The molecule has 0 aliphatic heterocycles. The largest absolute Gasteiger partial charge is 0.440 e. The molecule has 4 nitrogen and oxygen atoms in total. The summed E-state index contributed by atoms with van der Waals surface area (Å²) in [4.78, 5) is 14.8. The number of carbonyl (C=O) groups excluding carboxylic acids is 1. The zero-order chi connectivity index (χ0) is 12.2. The molecule has 1 amide bonds. The van der Waals surface area contributed by atoms with Crippen LogP contribution in [0.25, 0.3) is 0 Å². The van der Waals surface area contributed by atoms with E-state index < -0.39 is 18.9 Å². The molecule has 0 unspecified atom stereocenters. The number of hydrogen-bond donors (Lipinski definition) is 1. The maximum atomic E-state index is 11.7. The molecular formula is C8H9F3N2O2S. The third-order valence-corrected chi connectivity index (χ3v) is 2.38. The Labute approximate surface area is 93.4 Å². The Hall–Kier alpha value is -1.31. The van der Waals surface area contributed by atoms with Crippen LogP contribution < -0.4 is 5.32 Å². The van der Waals surface area contributed by atoms with Gasteiger partial charge in [0, 0.05) is 11.1 Å². The minimum absolute atomic E-state index is 0.0647. The van der Waals surface area contributed by atoms with E-state index in [1.54, 1.807) is 12.3 Å². The molecule has 1 aromatic heterocycles. The summed E-state index contributed by atoms with van der Waals surface area (Å²) in [5, 5.41) is 4.56. The van der Waals surface area contributed by atoms with Crippen LogP contribution in [0.5, 0.6) is 0 Å². The van der Waals surface area contributed by atoms with Gasteiger partial charge >= 0.3 is 12.3 Å². The highest BCUT2D eigenvalue weighted by Crippen LogP contribution is 2.14. The highest BCUT2D eigenvalue weighted by atomic mass is 32.1. The number of thiazole rings is 1. The predicted octanol–water partition coefficient (Wildman–Crippen LogP) is 2.24. The number of aryl methyl sites for hydroxylation is 1. The predicted molar refractivity (Wildman–Crippen MR) is 51.1 cm³/mol. The number of amides is 1. The van der Waals surface area contributed by atoms with Crippen molar-refractivity contribution in [2.45, 2.75) is 19.6 Å². The molecule has 0 fully saturated rings. The summed E-state index contributed by atoms with van der Waals surface area (Å²) in [6, 6.07) is 0. The van der Waals surface area contributed by atoms with Gasteiger partial charge in [0.05, 0.1) is 6.54 Å². The second-order valence-corrected chi connectivity index (χ2v) is 3.87. The van der Waals surface area contributed by atoms with Crippen molar-refractivity contribution in [3.8, 4) is 0 Å². The number of ether oxygens (including phenoxy) is 1. The SMILES string of the molecule is Cc1csc(CNC(=O)OCC(F)(F)F)n1. The van der Waals surface area contributed by atoms with E-state index in [9.17, 15) is 18.0 Å². The molecule has 1 aromatic rings. The molecule has 0 spiro atoms. The van der Waals surface area contributed by atoms with Crippen LogP contribution in [0.2, 0.25) is 0 Å². The molecular weight excluding hydrogens is 245 g/mol. The van der Waals surface area contributed by atoms with E-state index in [0.29, 0.717) is 5.01 Å². The summed E-state index contributed by atoms with van der Waals surface area (Å²) in [5.41, 5.74) is 0.797. The Morgan fingerprint density at radius 3 is 2.81 bits per heavy atom. The number of halogens is 3. The van der Waals surface area contributed by atoms with Crippen molar-refractivity contribution in [2.24, 2.45) is 0 Å². The Bertz CT molecular complexity index is 364. The van der Waals surface area contributed by atoms with E-state index in [2.05, 4.69) is 15.0 Å². The first-order valence-corrected chi connectivity index (χ1v) is 5.13. The van der Waals surface area contributed by atoms with Crippen LogP contribution >= 0.6 is 11.3 Å². The molecule has 1 N–H and O–H groups in total. The van der Waals surface area contributed by atoms with Gasteiger partial charge in [0.25, 0.3) is 0 Å². The second kappa shape index (κ2) is 5.15. The molecule has 0 radical (unpaired) electrons. The number of nitrogens with zero attached hydrogens (tertiary/aromatic N) is 1. The lowest BCUT2D eigenvalue weighted by Gasteiger charge is -2.07. The summed E-state index contributed by atoms with van der Waals surface area (Å²) >= 11 is 1.31. The zero-order valence-corrected chi connectivity index (χ0v) is 9.11. The van der Waals surface area contributed by atoms with E-state index >= 15 is 0 Å². The highest BCUT2D eigenvalue weighted by Gasteiger charge is 2.29. The van der Waals surface area contributed by atoms with E-state index in [0.717, 1.165) is 5.69 Å². The Kier molecular flexibility index (Phi) is 4.11. The van der Waals surface area contributed by atoms with E-state index in [1.807, 2.05) is 0 Å². The third-order valence-electron chi connectivity index (χ3n) is 1.42. The fourth-order valence-corrected chi connectivity index (χ4v) is 1.54. The van der Waals surface area contributed by atoms with Crippen molar-refractivity contribution in [3.63, 3.8) is 0 Å². The summed E-state index contributed by atoms with van der Waals surface area (Å²) in [6.45, 7) is 0.257. The Morgan fingerprint density at radius 1 is 1.62 bits per heavy atom. The summed E-state index contributed by atoms with van der Waals surface area (Å²) in [7, 11) is 0. The quantitative estimate of drug-likeness (QED) is 0.900. The molecule has 90 valence electrons. The van der Waals surface area contributed by atoms with Gasteiger partial charge in [0.1, 0.15) is 5.01 Å². The van der Waals surface area contributed by atoms with Gasteiger partial charge in [-0.3, -0.25) is 0 Å². The van der Waals surface area contributed by atoms with Crippen molar-refractivity contribution >= 4 is 17.4 Å². The standard InChI is InChI=1S/C8H9F3N2O2S/c1-5-3-16-6(13-5)2-12-7(14)15-4-8(9,10)11/h3H,2,4H2,1H3,(H,12,14). The topological polar surface area (TPSA) is 51.2 Å². The van der Waals surface area contributed by atoms with Crippen molar-refractivity contribution < 1.29 is 22.7 Å². The summed E-state index contributed by atoms with van der Waals surface area (Å²) in [5.74, 6) is 0. The lowest BCUT2D eigenvalue weighted by molar-refractivity contribution is -0.160. The van der Waals surface area contributed by atoms with Crippen LogP contribution in [0.3, 0.4) is 0 Å². The molecule has 0 aromatic carbocycles. The molecule has 1 heterocycles. The second-order valence-electron chi connectivity index (χ2n) is 2.93. The summed E-state index contributed by atoms with van der Waals surface area (Å²) < 4.78 is 38.9. The number of rotatable bonds is 3. The van der Waals surface area contributed by atoms with Gasteiger partial charge in [0.15, 0.2) is 6.61 Å². The maximum Gasteiger partial charge on any atom is 0.422 e. The number of aromatic nitrogens is 1. The Morgan fingerprint density at radius 2 is 2.31 bits per heavy atom. The molecule has 0 saturated carbocycles. The number of nitrogens with one attached hydrogen (secondary N) is 1. The van der Waals surface area contributed by atoms with Crippen LogP contribution in [0, 0.1) is 6.92 Å². The molecule has 8 heteroatoms. The smallest absolute Gasteiger partial charge is 0.422 e. The van der Waals surface area contributed by atoms with Crippen LogP contribution in [0.4, 0.5) is 18.0 Å². The third kappa shape index (κ3) is 4.96. The number of hydrogen-bond acceptors (Lipinski definition) is 4. The first kappa shape index (κ1) is 12.8. The fraction of sp³-hybridized carbons (Fsp3) is 0.500. The monoisotopic (exact) mass is 254 g/mol. The molecule has 1 rings (SSSR count). The van der Waals surface area contributed by atoms with Crippen LogP contribution in [-0.4, -0.2) is 23.9 Å². The molecule has 0 aliphatic carbocycles. The number of alkyl carbamates (subject to hydrolysis) is 1. The van der Waals surface area contributed by atoms with Gasteiger partial charge in [-0.15, -0.1) is 11.3 Å². The zero-order valence-electron chi connectivity index (χ0n) is 8.30. The van der Waals surface area contributed by atoms with E-state index in [1.165, 1.54) is 11.3 Å². The minimum atomic E-state index is -4.50. The minimum Gasteiger partial charge on any atom is -0.440 e. The average Bonchev–Trinajstić information content (AvgIpc) is 2.57. The van der Waals surface area contributed by atoms with Gasteiger partial charge in [0.2, 0.25) is 0 Å². The average molecular weight is 254 g/mol. The van der Waals surface area contributed by atoms with Crippen LogP contribution in [-0.2, 0) is 11.3 Å². The molecule has 0 bridgehead atoms. The van der Waals surface area contributed by atoms with Crippen LogP contribution in [0.1, 0.15) is 10.7 Å². The van der Waals surface area contributed by atoms with Crippen molar-refractivity contribution in [2.75, 3.05) is 6.61 Å². The van der Waals surface area contributed by atoms with Crippen molar-refractivity contribution in [1.29, 1.82) is 0 Å². The normalized spacial score (nSPS) is 11.2. The maximum absolute atomic E-state index is 11.7. The first-order chi connectivity index (χ1) is 7.37. The van der Waals surface area contributed by atoms with Gasteiger partial charge in [-0.2, -0.15) is 13.2 Å². The van der Waals surface area contributed by atoms with Gasteiger partial charge in [-0.1, -0.05) is 0 Å². The van der Waals surface area contributed by atoms with Crippen molar-refractivity contribution in [1.82, 2.24) is 10.3 Å². The number of carbonyl (C=O) groups is 1. The lowest BCUT2D eigenvalue weighted by Crippen LogP contribution is -2.28. The molecule has 0 atom stereocenters. The molecule has 16 heavy (non-hydrogen) atoms. The summed E-state index contributed by atoms with van der Waals surface area (Å²) in [6.07, 6.45) is -5.61. The molecule has 0 saturated heterocycles. The highest BCUT2D eigenvalue weighted by molar-refractivity contribution is 7.09.